The molecule has 0 bridgehead atoms. The fourth-order valence-electron chi connectivity index (χ4n) is 6.38. The van der Waals surface area contributed by atoms with E-state index in [1.165, 1.54) is 38.8 Å². The van der Waals surface area contributed by atoms with Crippen LogP contribution in [-0.4, -0.2) is 7.05 Å². The van der Waals surface area contributed by atoms with Crippen LogP contribution in [-0.2, 0) is 17.3 Å². The zero-order valence-corrected chi connectivity index (χ0v) is 23.6. The standard InChI is InChI=1S/C37H36N2/c1-26-21-22-30-16-7-8-17-31(30)35(26)37(5,24-28-14-12-15-29(23-28)25-38)27(2)13-11-20-34-36(3,4)32-18-9-10-19-33(32)39(34)6/h7-23H,2,24H2,1,3-6H3/b13-11+,34-20+. The number of nitrogens with zero attached hydrogens (tertiary/aromatic N) is 2. The number of rotatable bonds is 6. The van der Waals surface area contributed by atoms with Crippen LogP contribution in [0.3, 0.4) is 0 Å². The van der Waals surface area contributed by atoms with Gasteiger partial charge in [-0.05, 0) is 76.2 Å². The topological polar surface area (TPSA) is 27.0 Å². The van der Waals surface area contributed by atoms with Crippen molar-refractivity contribution in [3.8, 4) is 6.07 Å². The molecule has 1 atom stereocenters. The molecule has 5 rings (SSSR count). The van der Waals surface area contributed by atoms with Crippen molar-refractivity contribution >= 4 is 16.5 Å². The van der Waals surface area contributed by atoms with Crippen molar-refractivity contribution in [1.82, 2.24) is 0 Å². The van der Waals surface area contributed by atoms with Gasteiger partial charge in [-0.15, -0.1) is 0 Å². The summed E-state index contributed by atoms with van der Waals surface area (Å²) in [6.07, 6.45) is 7.31. The van der Waals surface area contributed by atoms with Gasteiger partial charge in [0, 0.05) is 29.3 Å². The quantitative estimate of drug-likeness (QED) is 0.243. The Morgan fingerprint density at radius 2 is 1.74 bits per heavy atom. The van der Waals surface area contributed by atoms with Gasteiger partial charge >= 0.3 is 0 Å². The molecule has 0 saturated carbocycles. The molecule has 0 amide bonds. The molecule has 0 saturated heterocycles. The van der Waals surface area contributed by atoms with Gasteiger partial charge in [-0.25, -0.2) is 0 Å². The Hall–Kier alpha value is -4.35. The molecule has 2 heteroatoms. The smallest absolute Gasteiger partial charge is 0.0991 e. The van der Waals surface area contributed by atoms with E-state index in [-0.39, 0.29) is 10.8 Å². The molecule has 4 aromatic carbocycles. The number of aryl methyl sites for hydroxylation is 1. The second-order valence-corrected chi connectivity index (χ2v) is 11.4. The van der Waals surface area contributed by atoms with E-state index >= 15 is 0 Å². The number of anilines is 1. The highest BCUT2D eigenvalue weighted by atomic mass is 15.2. The summed E-state index contributed by atoms with van der Waals surface area (Å²) in [5.74, 6) is 0. The third-order valence-electron chi connectivity index (χ3n) is 8.50. The van der Waals surface area contributed by atoms with Gasteiger partial charge in [0.05, 0.1) is 11.6 Å². The van der Waals surface area contributed by atoms with Gasteiger partial charge in [0.1, 0.15) is 0 Å². The van der Waals surface area contributed by atoms with E-state index in [0.29, 0.717) is 5.56 Å². The predicted octanol–water partition coefficient (Wildman–Crippen LogP) is 8.94. The van der Waals surface area contributed by atoms with Crippen LogP contribution in [0.5, 0.6) is 0 Å². The molecule has 0 spiro atoms. The number of hydrogen-bond acceptors (Lipinski definition) is 2. The fourth-order valence-corrected chi connectivity index (χ4v) is 6.38. The fraction of sp³-hybridized carbons (Fsp3) is 0.216. The minimum atomic E-state index is -0.381. The molecule has 0 radical (unpaired) electrons. The molecule has 1 unspecified atom stereocenters. The number of hydrogen-bond donors (Lipinski definition) is 0. The lowest BCUT2D eigenvalue weighted by Crippen LogP contribution is -2.28. The monoisotopic (exact) mass is 508 g/mol. The van der Waals surface area contributed by atoms with Crippen molar-refractivity contribution in [1.29, 1.82) is 5.26 Å². The molecule has 0 aliphatic carbocycles. The maximum Gasteiger partial charge on any atom is 0.0991 e. The van der Waals surface area contributed by atoms with Gasteiger partial charge in [0.2, 0.25) is 0 Å². The number of nitriles is 1. The Bertz CT molecular complexity index is 1680. The van der Waals surface area contributed by atoms with Crippen LogP contribution in [0.2, 0.25) is 0 Å². The average molecular weight is 509 g/mol. The molecule has 194 valence electrons. The third-order valence-corrected chi connectivity index (χ3v) is 8.50. The molecule has 1 aliphatic heterocycles. The van der Waals surface area contributed by atoms with Crippen molar-refractivity contribution in [3.05, 3.63) is 149 Å². The number of allylic oxidation sites excluding steroid dienone is 5. The Balaban J connectivity index is 1.59. The second kappa shape index (κ2) is 10.1. The first-order valence-electron chi connectivity index (χ1n) is 13.6. The minimum Gasteiger partial charge on any atom is -0.347 e. The molecular weight excluding hydrogens is 472 g/mol. The molecular formula is C37H36N2. The van der Waals surface area contributed by atoms with E-state index in [1.54, 1.807) is 0 Å². The number of para-hydroxylation sites is 1. The highest BCUT2D eigenvalue weighted by Crippen LogP contribution is 2.47. The SMILES string of the molecule is C=C(/C=C/C=C1/N(C)c2ccccc2C1(C)C)C(C)(Cc1cccc(C#N)c1)c1c(C)ccc2ccccc12. The third kappa shape index (κ3) is 4.59. The van der Waals surface area contributed by atoms with Crippen molar-refractivity contribution in [2.75, 3.05) is 11.9 Å². The van der Waals surface area contributed by atoms with E-state index in [9.17, 15) is 5.26 Å². The normalized spacial score (nSPS) is 16.8. The molecule has 39 heavy (non-hydrogen) atoms. The van der Waals surface area contributed by atoms with Crippen LogP contribution >= 0.6 is 0 Å². The molecule has 0 aromatic heterocycles. The Kier molecular flexibility index (Phi) is 6.79. The van der Waals surface area contributed by atoms with E-state index in [4.69, 9.17) is 0 Å². The summed E-state index contributed by atoms with van der Waals surface area (Å²) < 4.78 is 0. The van der Waals surface area contributed by atoms with Gasteiger partial charge in [-0.1, -0.05) is 106 Å². The first kappa shape index (κ1) is 26.3. The maximum atomic E-state index is 9.53. The van der Waals surface area contributed by atoms with Crippen LogP contribution in [0.15, 0.2) is 121 Å². The number of likely N-dealkylation sites (N-methyl/N-ethyl adjacent to an activating group) is 1. The summed E-state index contributed by atoms with van der Waals surface area (Å²) in [7, 11) is 2.15. The lowest BCUT2D eigenvalue weighted by Gasteiger charge is -2.34. The number of fused-ring (bicyclic) bond motifs is 2. The lowest BCUT2D eigenvalue weighted by molar-refractivity contribution is 0.569. The van der Waals surface area contributed by atoms with Crippen molar-refractivity contribution in [3.63, 3.8) is 0 Å². The average Bonchev–Trinajstić information content (AvgIpc) is 3.13. The van der Waals surface area contributed by atoms with E-state index in [1.807, 2.05) is 18.2 Å². The van der Waals surface area contributed by atoms with E-state index in [2.05, 4.69) is 137 Å². The van der Waals surface area contributed by atoms with E-state index < -0.39 is 0 Å². The summed E-state index contributed by atoms with van der Waals surface area (Å²) >= 11 is 0. The van der Waals surface area contributed by atoms with Crippen molar-refractivity contribution in [2.45, 2.75) is 44.9 Å². The Morgan fingerprint density at radius 3 is 2.51 bits per heavy atom. The molecule has 1 heterocycles. The van der Waals surface area contributed by atoms with Crippen molar-refractivity contribution in [2.24, 2.45) is 0 Å². The molecule has 2 nitrogen and oxygen atoms in total. The summed E-state index contributed by atoms with van der Waals surface area (Å²) in [6.45, 7) is 13.7. The zero-order chi connectivity index (χ0) is 27.8. The zero-order valence-electron chi connectivity index (χ0n) is 23.6. The van der Waals surface area contributed by atoms with Crippen LogP contribution in [0.4, 0.5) is 5.69 Å². The first-order chi connectivity index (χ1) is 18.7. The van der Waals surface area contributed by atoms with E-state index in [0.717, 1.165) is 17.6 Å². The second-order valence-electron chi connectivity index (χ2n) is 11.4. The van der Waals surface area contributed by atoms with Gasteiger partial charge in [-0.3, -0.25) is 0 Å². The summed E-state index contributed by atoms with van der Waals surface area (Å²) in [5.41, 5.74) is 8.79. The lowest BCUT2D eigenvalue weighted by atomic mass is 9.69. The van der Waals surface area contributed by atoms with Crippen LogP contribution in [0.1, 0.15) is 48.6 Å². The van der Waals surface area contributed by atoms with Gasteiger partial charge < -0.3 is 4.90 Å². The maximum absolute atomic E-state index is 9.53. The van der Waals surface area contributed by atoms with Gasteiger partial charge in [-0.2, -0.15) is 5.26 Å². The molecule has 0 N–H and O–H groups in total. The molecule has 1 aliphatic rings. The highest BCUT2D eigenvalue weighted by molar-refractivity contribution is 5.88. The molecule has 0 fully saturated rings. The Labute approximate surface area is 233 Å². The highest BCUT2D eigenvalue weighted by Gasteiger charge is 2.38. The van der Waals surface area contributed by atoms with Crippen LogP contribution in [0.25, 0.3) is 10.8 Å². The summed E-state index contributed by atoms with van der Waals surface area (Å²) in [5, 5.41) is 12.0. The van der Waals surface area contributed by atoms with Crippen molar-refractivity contribution < 1.29 is 0 Å². The predicted molar refractivity (Wildman–Crippen MR) is 165 cm³/mol. The minimum absolute atomic E-state index is 0.0791. The molecule has 4 aromatic rings. The summed E-state index contributed by atoms with van der Waals surface area (Å²) in [4.78, 5) is 2.30. The number of benzene rings is 4. The van der Waals surface area contributed by atoms with Crippen LogP contribution < -0.4 is 4.90 Å². The summed E-state index contributed by atoms with van der Waals surface area (Å²) in [6, 6.07) is 31.9. The largest absolute Gasteiger partial charge is 0.347 e. The Morgan fingerprint density at radius 1 is 1.00 bits per heavy atom. The van der Waals surface area contributed by atoms with Gasteiger partial charge in [0.25, 0.3) is 0 Å². The van der Waals surface area contributed by atoms with Gasteiger partial charge in [0.15, 0.2) is 0 Å². The van der Waals surface area contributed by atoms with Crippen LogP contribution in [0, 0.1) is 18.3 Å². The first-order valence-corrected chi connectivity index (χ1v) is 13.6.